The average molecular weight is 265 g/mol. The van der Waals surface area contributed by atoms with Gasteiger partial charge in [0.05, 0.1) is 0 Å². The van der Waals surface area contributed by atoms with E-state index >= 15 is 0 Å². The Bertz CT molecular complexity index is 337. The molecule has 1 fully saturated rings. The first-order valence-corrected chi connectivity index (χ1v) is 8.37. The lowest BCUT2D eigenvalue weighted by molar-refractivity contribution is 0.359. The zero-order chi connectivity index (χ0) is 12.8. The fourth-order valence-corrected chi connectivity index (χ4v) is 4.00. The fraction of sp³-hybridized carbons (Fsp3) is 0.750. The van der Waals surface area contributed by atoms with Gasteiger partial charge in [-0.1, -0.05) is 32.1 Å². The van der Waals surface area contributed by atoms with Crippen LogP contribution >= 0.6 is 11.3 Å². The number of aryl methyl sites for hydroxylation is 1. The van der Waals surface area contributed by atoms with Crippen molar-refractivity contribution in [3.63, 3.8) is 0 Å². The van der Waals surface area contributed by atoms with Crippen LogP contribution < -0.4 is 5.32 Å². The zero-order valence-corrected chi connectivity index (χ0v) is 12.7. The summed E-state index contributed by atoms with van der Waals surface area (Å²) in [4.78, 5) is 2.96. The Kier molecular flexibility index (Phi) is 5.71. The lowest BCUT2D eigenvalue weighted by atomic mass is 9.96. The van der Waals surface area contributed by atoms with Gasteiger partial charge in [-0.05, 0) is 45.2 Å². The summed E-state index contributed by atoms with van der Waals surface area (Å²) in [6.07, 6.45) is 11.1. The number of nitrogens with one attached hydrogen (secondary N) is 1. The van der Waals surface area contributed by atoms with Crippen LogP contribution in [0.4, 0.5) is 0 Å². The highest BCUT2D eigenvalue weighted by Crippen LogP contribution is 2.20. The molecule has 1 nitrogen and oxygen atoms in total. The summed E-state index contributed by atoms with van der Waals surface area (Å²) in [6, 6.07) is 5.91. The summed E-state index contributed by atoms with van der Waals surface area (Å²) >= 11 is 1.95. The molecule has 102 valence electrons. The van der Waals surface area contributed by atoms with Crippen LogP contribution in [-0.2, 0) is 6.42 Å². The Hall–Kier alpha value is -0.340. The van der Waals surface area contributed by atoms with Gasteiger partial charge in [0.25, 0.3) is 0 Å². The van der Waals surface area contributed by atoms with E-state index in [1.54, 1.807) is 0 Å². The van der Waals surface area contributed by atoms with Gasteiger partial charge in [-0.15, -0.1) is 11.3 Å². The second-order valence-corrected chi connectivity index (χ2v) is 7.20. The van der Waals surface area contributed by atoms with E-state index in [1.165, 1.54) is 61.1 Å². The average Bonchev–Trinajstić information content (AvgIpc) is 2.67. The smallest absolute Gasteiger partial charge is 0.00896 e. The summed E-state index contributed by atoms with van der Waals surface area (Å²) < 4.78 is 0. The molecule has 1 atom stereocenters. The molecule has 1 aliphatic rings. The molecule has 1 aromatic heterocycles. The predicted octanol–water partition coefficient (Wildman–Crippen LogP) is 4.69. The van der Waals surface area contributed by atoms with E-state index in [0.29, 0.717) is 6.04 Å². The summed E-state index contributed by atoms with van der Waals surface area (Å²) in [5, 5.41) is 3.85. The van der Waals surface area contributed by atoms with Gasteiger partial charge in [0, 0.05) is 21.8 Å². The van der Waals surface area contributed by atoms with E-state index in [-0.39, 0.29) is 0 Å². The summed E-state index contributed by atoms with van der Waals surface area (Å²) in [6.45, 7) is 4.54. The largest absolute Gasteiger partial charge is 0.311 e. The van der Waals surface area contributed by atoms with Crippen molar-refractivity contribution in [2.45, 2.75) is 77.3 Å². The van der Waals surface area contributed by atoms with Gasteiger partial charge in [-0.25, -0.2) is 0 Å². The maximum Gasteiger partial charge on any atom is 0.00896 e. The van der Waals surface area contributed by atoms with Gasteiger partial charge in [-0.2, -0.15) is 0 Å². The standard InChI is InChI=1S/C16H27NS/c1-13(12-16-11-10-14(2)18-16)17-15-8-6-4-3-5-7-9-15/h10-11,13,15,17H,3-9,12H2,1-2H3. The van der Waals surface area contributed by atoms with Crippen LogP contribution in [0.3, 0.4) is 0 Å². The van der Waals surface area contributed by atoms with Crippen molar-refractivity contribution in [2.75, 3.05) is 0 Å². The van der Waals surface area contributed by atoms with Crippen LogP contribution in [0, 0.1) is 6.92 Å². The molecule has 0 aliphatic heterocycles. The lowest BCUT2D eigenvalue weighted by Gasteiger charge is -2.25. The minimum Gasteiger partial charge on any atom is -0.311 e. The fourth-order valence-electron chi connectivity index (χ4n) is 2.98. The normalized spacial score (nSPS) is 20.3. The van der Waals surface area contributed by atoms with Gasteiger partial charge in [0.2, 0.25) is 0 Å². The maximum atomic E-state index is 3.85. The van der Waals surface area contributed by atoms with Crippen molar-refractivity contribution in [1.29, 1.82) is 0 Å². The SMILES string of the molecule is Cc1ccc(CC(C)NC2CCCCCCC2)s1. The van der Waals surface area contributed by atoms with E-state index in [0.717, 1.165) is 6.04 Å². The molecular weight excluding hydrogens is 238 g/mol. The molecule has 1 aliphatic carbocycles. The number of thiophene rings is 1. The predicted molar refractivity (Wildman–Crippen MR) is 81.5 cm³/mol. The van der Waals surface area contributed by atoms with Crippen molar-refractivity contribution in [2.24, 2.45) is 0 Å². The van der Waals surface area contributed by atoms with Gasteiger partial charge >= 0.3 is 0 Å². The van der Waals surface area contributed by atoms with Crippen LogP contribution in [0.5, 0.6) is 0 Å². The monoisotopic (exact) mass is 265 g/mol. The molecule has 0 aromatic carbocycles. The summed E-state index contributed by atoms with van der Waals surface area (Å²) in [5.74, 6) is 0. The Morgan fingerprint density at radius 3 is 2.44 bits per heavy atom. The quantitative estimate of drug-likeness (QED) is 0.833. The Morgan fingerprint density at radius 1 is 1.17 bits per heavy atom. The Morgan fingerprint density at radius 2 is 1.83 bits per heavy atom. The molecule has 1 saturated carbocycles. The second kappa shape index (κ2) is 7.30. The zero-order valence-electron chi connectivity index (χ0n) is 11.9. The number of hydrogen-bond acceptors (Lipinski definition) is 2. The number of rotatable bonds is 4. The molecule has 2 rings (SSSR count). The molecule has 1 N–H and O–H groups in total. The molecule has 1 unspecified atom stereocenters. The van der Waals surface area contributed by atoms with Crippen LogP contribution in [0.1, 0.15) is 61.6 Å². The highest BCUT2D eigenvalue weighted by molar-refractivity contribution is 7.11. The summed E-state index contributed by atoms with van der Waals surface area (Å²) in [7, 11) is 0. The van der Waals surface area contributed by atoms with Crippen molar-refractivity contribution in [3.05, 3.63) is 21.9 Å². The molecule has 0 spiro atoms. The second-order valence-electron chi connectivity index (χ2n) is 5.83. The minimum absolute atomic E-state index is 0.618. The van der Waals surface area contributed by atoms with Crippen LogP contribution in [-0.4, -0.2) is 12.1 Å². The van der Waals surface area contributed by atoms with E-state index in [2.05, 4.69) is 31.3 Å². The number of hydrogen-bond donors (Lipinski definition) is 1. The van der Waals surface area contributed by atoms with Crippen LogP contribution in [0.2, 0.25) is 0 Å². The van der Waals surface area contributed by atoms with E-state index < -0.39 is 0 Å². The molecule has 2 heteroatoms. The third-order valence-electron chi connectivity index (χ3n) is 3.93. The first-order chi connectivity index (χ1) is 8.74. The van der Waals surface area contributed by atoms with Crippen molar-refractivity contribution < 1.29 is 0 Å². The highest BCUT2D eigenvalue weighted by atomic mass is 32.1. The van der Waals surface area contributed by atoms with Crippen LogP contribution in [0.15, 0.2) is 12.1 Å². The van der Waals surface area contributed by atoms with Crippen molar-refractivity contribution in [3.8, 4) is 0 Å². The van der Waals surface area contributed by atoms with E-state index in [9.17, 15) is 0 Å². The topological polar surface area (TPSA) is 12.0 Å². The molecule has 0 amide bonds. The molecule has 1 heterocycles. The van der Waals surface area contributed by atoms with Crippen LogP contribution in [0.25, 0.3) is 0 Å². The molecular formula is C16H27NS. The lowest BCUT2D eigenvalue weighted by Crippen LogP contribution is -2.38. The van der Waals surface area contributed by atoms with E-state index in [1.807, 2.05) is 11.3 Å². The van der Waals surface area contributed by atoms with Gasteiger partial charge in [0.15, 0.2) is 0 Å². The van der Waals surface area contributed by atoms with Crippen molar-refractivity contribution in [1.82, 2.24) is 5.32 Å². The third kappa shape index (κ3) is 4.74. The molecule has 0 bridgehead atoms. The van der Waals surface area contributed by atoms with E-state index in [4.69, 9.17) is 0 Å². The first kappa shape index (κ1) is 14.1. The third-order valence-corrected chi connectivity index (χ3v) is 4.95. The van der Waals surface area contributed by atoms with Gasteiger partial charge in [0.1, 0.15) is 0 Å². The first-order valence-electron chi connectivity index (χ1n) is 7.55. The van der Waals surface area contributed by atoms with Gasteiger partial charge < -0.3 is 5.32 Å². The maximum absolute atomic E-state index is 3.85. The molecule has 1 aromatic rings. The Labute approximate surface area is 116 Å². The summed E-state index contributed by atoms with van der Waals surface area (Å²) in [5.41, 5.74) is 0. The molecule has 0 radical (unpaired) electrons. The Balaban J connectivity index is 1.76. The molecule has 0 saturated heterocycles. The minimum atomic E-state index is 0.618. The van der Waals surface area contributed by atoms with Gasteiger partial charge in [-0.3, -0.25) is 0 Å². The van der Waals surface area contributed by atoms with Crippen molar-refractivity contribution >= 4 is 11.3 Å². The molecule has 18 heavy (non-hydrogen) atoms. The highest BCUT2D eigenvalue weighted by Gasteiger charge is 2.14.